The van der Waals surface area contributed by atoms with Gasteiger partial charge in [-0.1, -0.05) is 13.8 Å². The Balaban J connectivity index is 0.00000364. The lowest BCUT2D eigenvalue weighted by molar-refractivity contribution is -0.124. The zero-order valence-corrected chi connectivity index (χ0v) is 17.1. The summed E-state index contributed by atoms with van der Waals surface area (Å²) < 4.78 is 10.4. The molecule has 1 saturated carbocycles. The number of rotatable bonds is 9. The Hall–Kier alpha value is -1.99. The maximum Gasteiger partial charge on any atom is 0.252 e. The van der Waals surface area contributed by atoms with E-state index in [0.717, 1.165) is 12.8 Å². The number of hydrogen-bond acceptors (Lipinski definition) is 5. The van der Waals surface area contributed by atoms with E-state index in [-0.39, 0.29) is 36.2 Å². The summed E-state index contributed by atoms with van der Waals surface area (Å²) in [4.78, 5) is 25.3. The van der Waals surface area contributed by atoms with Crippen LogP contribution in [0.25, 0.3) is 0 Å². The van der Waals surface area contributed by atoms with Crippen molar-refractivity contribution in [1.29, 1.82) is 0 Å². The minimum Gasteiger partial charge on any atom is -0.497 e. The first-order chi connectivity index (χ1) is 12.4. The van der Waals surface area contributed by atoms with Gasteiger partial charge in [-0.2, -0.15) is 0 Å². The first kappa shape index (κ1) is 23.0. The topological polar surface area (TPSA) is 103 Å². The second-order valence-corrected chi connectivity index (χ2v) is 6.98. The van der Waals surface area contributed by atoms with Gasteiger partial charge in [-0.05, 0) is 36.8 Å². The molecule has 0 aromatic heterocycles. The summed E-state index contributed by atoms with van der Waals surface area (Å²) in [7, 11) is 3.04. The van der Waals surface area contributed by atoms with Gasteiger partial charge in [0.1, 0.15) is 17.5 Å². The minimum absolute atomic E-state index is 0. The molecule has 0 saturated heterocycles. The summed E-state index contributed by atoms with van der Waals surface area (Å²) in [6.45, 7) is 4.19. The number of amides is 2. The van der Waals surface area contributed by atoms with Crippen LogP contribution in [0.1, 0.15) is 37.0 Å². The Bertz CT molecular complexity index is 628. The lowest BCUT2D eigenvalue weighted by Gasteiger charge is -2.25. The van der Waals surface area contributed by atoms with Crippen LogP contribution in [0.2, 0.25) is 0 Å². The van der Waals surface area contributed by atoms with Gasteiger partial charge in [0, 0.05) is 24.2 Å². The smallest absolute Gasteiger partial charge is 0.252 e. The van der Waals surface area contributed by atoms with Crippen LogP contribution >= 0.6 is 12.4 Å². The van der Waals surface area contributed by atoms with Crippen molar-refractivity contribution in [3.8, 4) is 11.5 Å². The normalized spacial score (nSPS) is 15.3. The molecule has 2 unspecified atom stereocenters. The van der Waals surface area contributed by atoms with Crippen LogP contribution in [0, 0.1) is 11.8 Å². The molecular formula is C19H30ClN3O4. The van der Waals surface area contributed by atoms with Crippen LogP contribution in [-0.4, -0.2) is 44.7 Å². The number of nitrogens with two attached hydrogens (primary N) is 1. The van der Waals surface area contributed by atoms with Crippen LogP contribution in [0.3, 0.4) is 0 Å². The molecule has 27 heavy (non-hydrogen) atoms. The average molecular weight is 400 g/mol. The van der Waals surface area contributed by atoms with Gasteiger partial charge in [-0.15, -0.1) is 12.4 Å². The molecular weight excluding hydrogens is 370 g/mol. The molecule has 0 aliphatic heterocycles. The molecule has 4 N–H and O–H groups in total. The van der Waals surface area contributed by atoms with Crippen molar-refractivity contribution < 1.29 is 19.1 Å². The molecule has 1 fully saturated rings. The molecule has 2 amide bonds. The largest absolute Gasteiger partial charge is 0.497 e. The number of ether oxygens (including phenoxy) is 2. The molecule has 0 spiro atoms. The maximum atomic E-state index is 12.7. The van der Waals surface area contributed by atoms with Crippen LogP contribution in [-0.2, 0) is 4.79 Å². The number of methoxy groups -OCH3 is 2. The van der Waals surface area contributed by atoms with E-state index in [1.165, 1.54) is 14.2 Å². The molecule has 1 aliphatic rings. The Morgan fingerprint density at radius 1 is 1.11 bits per heavy atom. The Morgan fingerprint density at radius 3 is 2.07 bits per heavy atom. The van der Waals surface area contributed by atoms with Gasteiger partial charge in [0.15, 0.2) is 0 Å². The lowest BCUT2D eigenvalue weighted by Crippen LogP contribution is -2.54. The van der Waals surface area contributed by atoms with Gasteiger partial charge < -0.3 is 25.8 Å². The van der Waals surface area contributed by atoms with Crippen molar-refractivity contribution in [2.45, 2.75) is 38.8 Å². The van der Waals surface area contributed by atoms with E-state index < -0.39 is 6.04 Å². The van der Waals surface area contributed by atoms with Gasteiger partial charge in [-0.3, -0.25) is 9.59 Å². The van der Waals surface area contributed by atoms with E-state index in [9.17, 15) is 9.59 Å². The van der Waals surface area contributed by atoms with Crippen molar-refractivity contribution in [2.24, 2.45) is 17.6 Å². The summed E-state index contributed by atoms with van der Waals surface area (Å²) in [5.74, 6) is 0.852. The highest BCUT2D eigenvalue weighted by atomic mass is 35.5. The van der Waals surface area contributed by atoms with Gasteiger partial charge in [0.05, 0.1) is 14.2 Å². The van der Waals surface area contributed by atoms with E-state index in [1.807, 2.05) is 13.8 Å². The standard InChI is InChI=1S/C19H29N3O4.ClH/c1-11(2)17(19(24)21-16(10-20)12-5-6-12)22-18(23)13-7-14(25-3)9-15(8-13)26-4;/h7-9,11-12,16-17H,5-6,10,20H2,1-4H3,(H,21,24)(H,22,23);1H. The molecule has 0 bridgehead atoms. The Labute approximate surface area is 166 Å². The van der Waals surface area contributed by atoms with Gasteiger partial charge >= 0.3 is 0 Å². The fourth-order valence-corrected chi connectivity index (χ4v) is 2.84. The highest BCUT2D eigenvalue weighted by Crippen LogP contribution is 2.32. The molecule has 8 heteroatoms. The zero-order chi connectivity index (χ0) is 19.3. The SMILES string of the molecule is COc1cc(OC)cc(C(=O)NC(C(=O)NC(CN)C2CC2)C(C)C)c1.Cl. The predicted octanol–water partition coefficient (Wildman–Crippen LogP) is 1.73. The molecule has 1 aromatic rings. The zero-order valence-electron chi connectivity index (χ0n) is 16.3. The summed E-state index contributed by atoms with van der Waals surface area (Å²) >= 11 is 0. The number of carbonyl (C=O) groups is 2. The van der Waals surface area contributed by atoms with Crippen LogP contribution in [0.15, 0.2) is 18.2 Å². The average Bonchev–Trinajstić information content (AvgIpc) is 3.47. The van der Waals surface area contributed by atoms with Crippen LogP contribution in [0.4, 0.5) is 0 Å². The highest BCUT2D eigenvalue weighted by Gasteiger charge is 2.34. The summed E-state index contributed by atoms with van der Waals surface area (Å²) in [5.41, 5.74) is 6.14. The quantitative estimate of drug-likeness (QED) is 0.586. The lowest BCUT2D eigenvalue weighted by atomic mass is 10.0. The van der Waals surface area contributed by atoms with E-state index in [2.05, 4.69) is 10.6 Å². The summed E-state index contributed by atoms with van der Waals surface area (Å²) in [5, 5.41) is 5.80. The second kappa shape index (κ2) is 10.4. The summed E-state index contributed by atoms with van der Waals surface area (Å²) in [6, 6.07) is 4.23. The van der Waals surface area contributed by atoms with Crippen molar-refractivity contribution in [2.75, 3.05) is 20.8 Å². The van der Waals surface area contributed by atoms with Crippen molar-refractivity contribution in [3.05, 3.63) is 23.8 Å². The third-order valence-corrected chi connectivity index (χ3v) is 4.62. The first-order valence-corrected chi connectivity index (χ1v) is 8.94. The predicted molar refractivity (Wildman–Crippen MR) is 107 cm³/mol. The second-order valence-electron chi connectivity index (χ2n) is 6.98. The molecule has 0 heterocycles. The molecule has 0 radical (unpaired) electrons. The van der Waals surface area contributed by atoms with Gasteiger partial charge in [0.25, 0.3) is 5.91 Å². The monoisotopic (exact) mass is 399 g/mol. The van der Waals surface area contributed by atoms with E-state index in [1.54, 1.807) is 18.2 Å². The van der Waals surface area contributed by atoms with Gasteiger partial charge in [0.2, 0.25) is 5.91 Å². The maximum absolute atomic E-state index is 12.7. The molecule has 2 rings (SSSR count). The van der Waals surface area contributed by atoms with Crippen molar-refractivity contribution in [3.63, 3.8) is 0 Å². The number of halogens is 1. The molecule has 2 atom stereocenters. The first-order valence-electron chi connectivity index (χ1n) is 8.94. The Morgan fingerprint density at radius 2 is 1.67 bits per heavy atom. The van der Waals surface area contributed by atoms with Crippen molar-refractivity contribution >= 4 is 24.2 Å². The number of hydrogen-bond donors (Lipinski definition) is 3. The van der Waals surface area contributed by atoms with E-state index >= 15 is 0 Å². The van der Waals surface area contributed by atoms with Crippen molar-refractivity contribution in [1.82, 2.24) is 10.6 Å². The third-order valence-electron chi connectivity index (χ3n) is 4.62. The summed E-state index contributed by atoms with van der Waals surface area (Å²) in [6.07, 6.45) is 2.18. The number of carbonyl (C=O) groups excluding carboxylic acids is 2. The molecule has 152 valence electrons. The third kappa shape index (κ3) is 6.29. The van der Waals surface area contributed by atoms with Gasteiger partial charge in [-0.25, -0.2) is 0 Å². The number of benzene rings is 1. The fourth-order valence-electron chi connectivity index (χ4n) is 2.84. The fraction of sp³-hybridized carbons (Fsp3) is 0.579. The van der Waals surface area contributed by atoms with Crippen LogP contribution < -0.4 is 25.8 Å². The molecule has 7 nitrogen and oxygen atoms in total. The highest BCUT2D eigenvalue weighted by molar-refractivity contribution is 5.98. The Kier molecular flexibility index (Phi) is 8.85. The van der Waals surface area contributed by atoms with E-state index in [4.69, 9.17) is 15.2 Å². The van der Waals surface area contributed by atoms with E-state index in [0.29, 0.717) is 29.5 Å². The molecule has 1 aromatic carbocycles. The minimum atomic E-state index is -0.646. The van der Waals surface area contributed by atoms with Crippen LogP contribution in [0.5, 0.6) is 11.5 Å². The number of nitrogens with one attached hydrogen (secondary N) is 2. The molecule has 1 aliphatic carbocycles.